The van der Waals surface area contributed by atoms with E-state index in [9.17, 15) is 4.79 Å². The van der Waals surface area contributed by atoms with Gasteiger partial charge in [-0.2, -0.15) is 0 Å². The van der Waals surface area contributed by atoms with E-state index in [-0.39, 0.29) is 18.1 Å². The maximum Gasteiger partial charge on any atom is 0.341 e. The van der Waals surface area contributed by atoms with Gasteiger partial charge in [0.15, 0.2) is 0 Å². The fourth-order valence-electron chi connectivity index (χ4n) is 1.74. The maximum absolute atomic E-state index is 11.8. The van der Waals surface area contributed by atoms with Crippen LogP contribution in [0.1, 0.15) is 44.0 Å². The quantitative estimate of drug-likeness (QED) is 0.740. The third-order valence-corrected chi connectivity index (χ3v) is 3.17. The zero-order valence-corrected chi connectivity index (χ0v) is 11.8. The molecule has 0 amide bonds. The van der Waals surface area contributed by atoms with E-state index in [4.69, 9.17) is 9.84 Å². The van der Waals surface area contributed by atoms with Crippen LogP contribution in [0, 0.1) is 0 Å². The molecule has 0 aliphatic carbocycles. The number of ether oxygens (including phenoxy) is 1. The molecular formula is C14H22N2O3. The van der Waals surface area contributed by atoms with Crippen LogP contribution in [0.2, 0.25) is 0 Å². The summed E-state index contributed by atoms with van der Waals surface area (Å²) in [7, 11) is 0. The van der Waals surface area contributed by atoms with E-state index < -0.39 is 0 Å². The summed E-state index contributed by atoms with van der Waals surface area (Å²) < 4.78 is 5.01. The lowest BCUT2D eigenvalue weighted by Gasteiger charge is -2.30. The lowest BCUT2D eigenvalue weighted by atomic mass is 9.94. The van der Waals surface area contributed by atoms with Crippen LogP contribution in [-0.2, 0) is 4.74 Å². The number of nitrogens with one attached hydrogen (secondary N) is 1. The first-order valence-electron chi connectivity index (χ1n) is 6.57. The molecule has 1 rings (SSSR count). The number of carbonyl (C=O) groups excluding carboxylic acids is 1. The van der Waals surface area contributed by atoms with Crippen molar-refractivity contribution in [2.45, 2.75) is 39.2 Å². The van der Waals surface area contributed by atoms with Crippen LogP contribution in [0.25, 0.3) is 0 Å². The fraction of sp³-hybridized carbons (Fsp3) is 0.571. The monoisotopic (exact) mass is 266 g/mol. The number of carbonyl (C=O) groups is 1. The maximum atomic E-state index is 11.8. The molecule has 0 aromatic carbocycles. The molecule has 106 valence electrons. The van der Waals surface area contributed by atoms with Gasteiger partial charge in [0.05, 0.1) is 6.61 Å². The molecule has 0 aliphatic heterocycles. The van der Waals surface area contributed by atoms with Crippen LogP contribution < -0.4 is 5.32 Å². The predicted molar refractivity (Wildman–Crippen MR) is 74.2 cm³/mol. The van der Waals surface area contributed by atoms with E-state index in [1.165, 1.54) is 0 Å². The van der Waals surface area contributed by atoms with E-state index in [1.54, 1.807) is 25.3 Å². The van der Waals surface area contributed by atoms with Crippen molar-refractivity contribution < 1.29 is 14.6 Å². The Morgan fingerprint density at radius 2 is 2.26 bits per heavy atom. The highest BCUT2D eigenvalue weighted by Gasteiger charge is 2.24. The molecule has 1 heterocycles. The lowest BCUT2D eigenvalue weighted by Crippen LogP contribution is -2.36. The number of nitrogens with zero attached hydrogens (tertiary/aromatic N) is 1. The van der Waals surface area contributed by atoms with Gasteiger partial charge in [-0.3, -0.25) is 0 Å². The van der Waals surface area contributed by atoms with Gasteiger partial charge in [0.25, 0.3) is 0 Å². The van der Waals surface area contributed by atoms with Crippen LogP contribution >= 0.6 is 0 Å². The fourth-order valence-corrected chi connectivity index (χ4v) is 1.74. The summed E-state index contributed by atoms with van der Waals surface area (Å²) in [6, 6.07) is 3.38. The summed E-state index contributed by atoms with van der Waals surface area (Å²) in [4.78, 5) is 16.0. The molecule has 0 fully saturated rings. The number of anilines is 1. The number of esters is 1. The molecule has 2 N–H and O–H groups in total. The van der Waals surface area contributed by atoms with Gasteiger partial charge >= 0.3 is 5.97 Å². The molecule has 5 heteroatoms. The Balaban J connectivity index is 2.97. The second-order valence-electron chi connectivity index (χ2n) is 4.63. The molecule has 1 unspecified atom stereocenters. The summed E-state index contributed by atoms with van der Waals surface area (Å²) in [6.45, 7) is 6.19. The molecule has 5 nitrogen and oxygen atoms in total. The number of hydrogen-bond acceptors (Lipinski definition) is 5. The van der Waals surface area contributed by atoms with Crippen LogP contribution in [0.4, 0.5) is 5.82 Å². The van der Waals surface area contributed by atoms with Gasteiger partial charge in [0.2, 0.25) is 0 Å². The predicted octanol–water partition coefficient (Wildman–Crippen LogP) is 2.22. The van der Waals surface area contributed by atoms with Crippen LogP contribution in [0.15, 0.2) is 18.3 Å². The van der Waals surface area contributed by atoms with Crippen LogP contribution in [-0.4, -0.2) is 34.8 Å². The van der Waals surface area contributed by atoms with E-state index in [2.05, 4.69) is 10.3 Å². The van der Waals surface area contributed by atoms with Crippen molar-refractivity contribution in [1.29, 1.82) is 0 Å². The molecule has 0 radical (unpaired) electrons. The summed E-state index contributed by atoms with van der Waals surface area (Å²) in [5.41, 5.74) is 0.117. The molecule has 1 aromatic rings. The van der Waals surface area contributed by atoms with Crippen molar-refractivity contribution in [3.05, 3.63) is 23.9 Å². The van der Waals surface area contributed by atoms with Gasteiger partial charge in [-0.05, 0) is 38.8 Å². The summed E-state index contributed by atoms with van der Waals surface area (Å²) in [6.07, 6.45) is 3.02. The number of aliphatic hydroxyl groups excluding tert-OH is 1. The summed E-state index contributed by atoms with van der Waals surface area (Å²) in [5.74, 6) is 0.110. The molecule has 19 heavy (non-hydrogen) atoms. The average Bonchev–Trinajstić information content (AvgIpc) is 2.40. The Labute approximate surface area is 114 Å². The Morgan fingerprint density at radius 3 is 2.84 bits per heavy atom. The number of pyridine rings is 1. The summed E-state index contributed by atoms with van der Waals surface area (Å²) >= 11 is 0. The van der Waals surface area contributed by atoms with Crippen molar-refractivity contribution >= 4 is 11.8 Å². The second-order valence-corrected chi connectivity index (χ2v) is 4.63. The average molecular weight is 266 g/mol. The number of hydrogen-bond donors (Lipinski definition) is 2. The van der Waals surface area contributed by atoms with E-state index in [1.807, 2.05) is 13.8 Å². The molecular weight excluding hydrogens is 244 g/mol. The number of rotatable bonds is 7. The third-order valence-electron chi connectivity index (χ3n) is 3.17. The first-order chi connectivity index (χ1) is 9.06. The highest BCUT2D eigenvalue weighted by atomic mass is 16.5. The van der Waals surface area contributed by atoms with Crippen LogP contribution in [0.5, 0.6) is 0 Å². The first-order valence-corrected chi connectivity index (χ1v) is 6.57. The molecule has 0 saturated carbocycles. The SMILES string of the molecule is CCOC(=O)c1cccnc1NC(C)(CC)CCO. The largest absolute Gasteiger partial charge is 0.462 e. The minimum Gasteiger partial charge on any atom is -0.462 e. The van der Waals surface area contributed by atoms with Gasteiger partial charge in [0, 0.05) is 18.3 Å². The van der Waals surface area contributed by atoms with Crippen molar-refractivity contribution in [2.24, 2.45) is 0 Å². The molecule has 1 atom stereocenters. The van der Waals surface area contributed by atoms with Crippen molar-refractivity contribution in [3.63, 3.8) is 0 Å². The lowest BCUT2D eigenvalue weighted by molar-refractivity contribution is 0.0527. The number of aromatic nitrogens is 1. The minimum atomic E-state index is -0.388. The van der Waals surface area contributed by atoms with Crippen molar-refractivity contribution in [1.82, 2.24) is 4.98 Å². The standard InChI is InChI=1S/C14H22N2O3/c1-4-14(3,8-10-17)16-12-11(7-6-9-15-12)13(18)19-5-2/h6-7,9,17H,4-5,8,10H2,1-3H3,(H,15,16). The Hall–Kier alpha value is -1.62. The van der Waals surface area contributed by atoms with E-state index in [0.29, 0.717) is 24.4 Å². The zero-order valence-electron chi connectivity index (χ0n) is 11.8. The Bertz CT molecular complexity index is 423. The van der Waals surface area contributed by atoms with Gasteiger partial charge in [-0.15, -0.1) is 0 Å². The van der Waals surface area contributed by atoms with Gasteiger partial charge in [-0.25, -0.2) is 9.78 Å². The molecule has 1 aromatic heterocycles. The van der Waals surface area contributed by atoms with Crippen molar-refractivity contribution in [2.75, 3.05) is 18.5 Å². The Kier molecular flexibility index (Phi) is 5.76. The van der Waals surface area contributed by atoms with Gasteiger partial charge in [0.1, 0.15) is 11.4 Å². The zero-order chi connectivity index (χ0) is 14.3. The topological polar surface area (TPSA) is 71.5 Å². The molecule has 0 saturated heterocycles. The number of aliphatic hydroxyl groups is 1. The van der Waals surface area contributed by atoms with Gasteiger partial charge < -0.3 is 15.2 Å². The first kappa shape index (κ1) is 15.4. The minimum absolute atomic E-state index is 0.0823. The highest BCUT2D eigenvalue weighted by Crippen LogP contribution is 2.23. The normalized spacial score (nSPS) is 13.7. The van der Waals surface area contributed by atoms with E-state index in [0.717, 1.165) is 6.42 Å². The van der Waals surface area contributed by atoms with Crippen molar-refractivity contribution in [3.8, 4) is 0 Å². The van der Waals surface area contributed by atoms with Gasteiger partial charge in [-0.1, -0.05) is 6.92 Å². The third kappa shape index (κ3) is 4.21. The molecule has 0 spiro atoms. The molecule has 0 aliphatic rings. The molecule has 0 bridgehead atoms. The van der Waals surface area contributed by atoms with Crippen LogP contribution in [0.3, 0.4) is 0 Å². The smallest absolute Gasteiger partial charge is 0.341 e. The summed E-state index contributed by atoms with van der Waals surface area (Å²) in [5, 5.41) is 12.4. The second kappa shape index (κ2) is 7.09. The highest BCUT2D eigenvalue weighted by molar-refractivity contribution is 5.94. The van der Waals surface area contributed by atoms with E-state index >= 15 is 0 Å². The Morgan fingerprint density at radius 1 is 1.53 bits per heavy atom.